The zero-order valence-electron chi connectivity index (χ0n) is 10.00. The molecule has 1 heterocycles. The predicted octanol–water partition coefficient (Wildman–Crippen LogP) is 1.66. The van der Waals surface area contributed by atoms with Crippen molar-refractivity contribution in [1.29, 1.82) is 0 Å². The summed E-state index contributed by atoms with van der Waals surface area (Å²) in [4.78, 5) is 8.46. The second-order valence-corrected chi connectivity index (χ2v) is 4.46. The summed E-state index contributed by atoms with van der Waals surface area (Å²) in [6, 6.07) is 1.87. The summed E-state index contributed by atoms with van der Waals surface area (Å²) in [6.07, 6.45) is -0.451. The van der Waals surface area contributed by atoms with Crippen LogP contribution in [0.1, 0.15) is 32.3 Å². The molecule has 0 saturated carbocycles. The van der Waals surface area contributed by atoms with E-state index in [1.54, 1.807) is 6.92 Å². The van der Waals surface area contributed by atoms with Crippen LogP contribution >= 0.6 is 0 Å². The first-order valence-corrected chi connectivity index (χ1v) is 5.10. The number of rotatable bonds is 3. The molecule has 1 atom stereocenters. The van der Waals surface area contributed by atoms with Gasteiger partial charge in [0.25, 0.3) is 0 Å². The van der Waals surface area contributed by atoms with E-state index in [9.17, 15) is 5.11 Å². The molecular formula is C11H19N3O. The fourth-order valence-electron chi connectivity index (χ4n) is 1.22. The van der Waals surface area contributed by atoms with Crippen LogP contribution in [-0.4, -0.2) is 26.7 Å². The van der Waals surface area contributed by atoms with Crippen molar-refractivity contribution in [3.63, 3.8) is 0 Å². The Balaban J connectivity index is 2.89. The highest BCUT2D eigenvalue weighted by Crippen LogP contribution is 2.17. The molecule has 0 saturated heterocycles. The van der Waals surface area contributed by atoms with Crippen molar-refractivity contribution in [3.05, 3.63) is 17.6 Å². The SMILES string of the molecule is Cc1cc(NC(C)(C)C(C)O)nc(C)n1. The van der Waals surface area contributed by atoms with E-state index in [-0.39, 0.29) is 0 Å². The number of nitrogens with zero attached hydrogens (tertiary/aromatic N) is 2. The first kappa shape index (κ1) is 11.9. The summed E-state index contributed by atoms with van der Waals surface area (Å²) in [5.74, 6) is 1.49. The Labute approximate surface area is 90.8 Å². The molecule has 1 aromatic heterocycles. The molecule has 4 nitrogen and oxygen atoms in total. The third-order valence-corrected chi connectivity index (χ3v) is 2.46. The number of aliphatic hydroxyl groups excluding tert-OH is 1. The van der Waals surface area contributed by atoms with Crippen molar-refractivity contribution in [2.45, 2.75) is 46.3 Å². The summed E-state index contributed by atoms with van der Waals surface area (Å²) in [5.41, 5.74) is 0.527. The number of aryl methyl sites for hydroxylation is 2. The minimum absolute atomic E-state index is 0.396. The minimum Gasteiger partial charge on any atom is -0.391 e. The number of anilines is 1. The van der Waals surface area contributed by atoms with Crippen LogP contribution in [0.25, 0.3) is 0 Å². The molecule has 0 fully saturated rings. The highest BCUT2D eigenvalue weighted by Gasteiger charge is 2.24. The van der Waals surface area contributed by atoms with Gasteiger partial charge in [0.05, 0.1) is 11.6 Å². The standard InChI is InChI=1S/C11H19N3O/c1-7-6-10(13-9(3)12-7)14-11(4,5)8(2)15/h6,8,15H,1-5H3,(H,12,13,14). The Kier molecular flexibility index (Phi) is 3.29. The zero-order valence-corrected chi connectivity index (χ0v) is 10.00. The Bertz CT molecular complexity index is 327. The third kappa shape index (κ3) is 3.16. The van der Waals surface area contributed by atoms with Gasteiger partial charge in [-0.3, -0.25) is 0 Å². The normalized spacial score (nSPS) is 13.7. The fourth-order valence-corrected chi connectivity index (χ4v) is 1.22. The van der Waals surface area contributed by atoms with Crippen LogP contribution in [0.2, 0.25) is 0 Å². The van der Waals surface area contributed by atoms with E-state index < -0.39 is 11.6 Å². The molecule has 0 aliphatic heterocycles. The molecule has 1 aromatic rings. The van der Waals surface area contributed by atoms with E-state index in [0.717, 1.165) is 17.3 Å². The lowest BCUT2D eigenvalue weighted by atomic mass is 9.99. The summed E-state index contributed by atoms with van der Waals surface area (Å²) < 4.78 is 0. The van der Waals surface area contributed by atoms with Crippen LogP contribution in [-0.2, 0) is 0 Å². The highest BCUT2D eigenvalue weighted by molar-refractivity contribution is 5.38. The summed E-state index contributed by atoms with van der Waals surface area (Å²) in [5, 5.41) is 12.8. The van der Waals surface area contributed by atoms with E-state index in [2.05, 4.69) is 15.3 Å². The molecule has 0 radical (unpaired) electrons. The van der Waals surface area contributed by atoms with Crippen molar-refractivity contribution in [3.8, 4) is 0 Å². The average Bonchev–Trinajstić information content (AvgIpc) is 1.99. The number of aromatic nitrogens is 2. The van der Waals surface area contributed by atoms with Gasteiger partial charge >= 0.3 is 0 Å². The van der Waals surface area contributed by atoms with Gasteiger partial charge in [-0.05, 0) is 34.6 Å². The molecule has 1 rings (SSSR count). The van der Waals surface area contributed by atoms with Crippen molar-refractivity contribution >= 4 is 5.82 Å². The lowest BCUT2D eigenvalue weighted by Gasteiger charge is -2.30. The Hall–Kier alpha value is -1.16. The maximum Gasteiger partial charge on any atom is 0.130 e. The monoisotopic (exact) mass is 209 g/mol. The van der Waals surface area contributed by atoms with Gasteiger partial charge in [-0.15, -0.1) is 0 Å². The molecule has 0 aliphatic rings. The van der Waals surface area contributed by atoms with Crippen molar-refractivity contribution in [2.75, 3.05) is 5.32 Å². The second kappa shape index (κ2) is 4.14. The molecule has 0 aliphatic carbocycles. The second-order valence-electron chi connectivity index (χ2n) is 4.46. The number of nitrogens with one attached hydrogen (secondary N) is 1. The van der Waals surface area contributed by atoms with Gasteiger partial charge in [0.15, 0.2) is 0 Å². The van der Waals surface area contributed by atoms with E-state index in [0.29, 0.717) is 0 Å². The van der Waals surface area contributed by atoms with Crippen LogP contribution in [0, 0.1) is 13.8 Å². The predicted molar refractivity (Wildman–Crippen MR) is 60.9 cm³/mol. The quantitative estimate of drug-likeness (QED) is 0.795. The van der Waals surface area contributed by atoms with Gasteiger partial charge in [-0.1, -0.05) is 0 Å². The molecule has 0 bridgehead atoms. The first-order valence-electron chi connectivity index (χ1n) is 5.10. The average molecular weight is 209 g/mol. The molecule has 1 unspecified atom stereocenters. The molecular weight excluding hydrogens is 190 g/mol. The highest BCUT2D eigenvalue weighted by atomic mass is 16.3. The van der Waals surface area contributed by atoms with Gasteiger partial charge in [0.2, 0.25) is 0 Å². The number of aliphatic hydroxyl groups is 1. The van der Waals surface area contributed by atoms with E-state index in [1.807, 2.05) is 33.8 Å². The van der Waals surface area contributed by atoms with E-state index in [4.69, 9.17) is 0 Å². The van der Waals surface area contributed by atoms with Gasteiger partial charge < -0.3 is 10.4 Å². The summed E-state index contributed by atoms with van der Waals surface area (Å²) >= 11 is 0. The molecule has 2 N–H and O–H groups in total. The van der Waals surface area contributed by atoms with E-state index in [1.165, 1.54) is 0 Å². The Morgan fingerprint density at radius 2 is 1.93 bits per heavy atom. The van der Waals surface area contributed by atoms with Crippen molar-refractivity contribution in [2.24, 2.45) is 0 Å². The molecule has 0 amide bonds. The lowest BCUT2D eigenvalue weighted by Crippen LogP contribution is -2.42. The Morgan fingerprint density at radius 1 is 1.33 bits per heavy atom. The van der Waals surface area contributed by atoms with Crippen molar-refractivity contribution in [1.82, 2.24) is 9.97 Å². The van der Waals surface area contributed by atoms with E-state index >= 15 is 0 Å². The van der Waals surface area contributed by atoms with Gasteiger partial charge in [-0.2, -0.15) is 0 Å². The van der Waals surface area contributed by atoms with Crippen LogP contribution in [0.4, 0.5) is 5.82 Å². The lowest BCUT2D eigenvalue weighted by molar-refractivity contribution is 0.133. The molecule has 4 heteroatoms. The number of hydrogen-bond donors (Lipinski definition) is 2. The van der Waals surface area contributed by atoms with Gasteiger partial charge in [-0.25, -0.2) is 9.97 Å². The smallest absolute Gasteiger partial charge is 0.130 e. The first-order chi connectivity index (χ1) is 6.81. The van der Waals surface area contributed by atoms with Crippen LogP contribution in [0.3, 0.4) is 0 Å². The topological polar surface area (TPSA) is 58.0 Å². The maximum atomic E-state index is 9.57. The zero-order chi connectivity index (χ0) is 11.6. The Morgan fingerprint density at radius 3 is 2.40 bits per heavy atom. The molecule has 0 spiro atoms. The van der Waals surface area contributed by atoms with Gasteiger partial charge in [0, 0.05) is 11.8 Å². The van der Waals surface area contributed by atoms with Crippen molar-refractivity contribution < 1.29 is 5.11 Å². The van der Waals surface area contributed by atoms with Crippen LogP contribution in [0.5, 0.6) is 0 Å². The molecule has 84 valence electrons. The number of hydrogen-bond acceptors (Lipinski definition) is 4. The van der Waals surface area contributed by atoms with Crippen LogP contribution in [0.15, 0.2) is 6.07 Å². The largest absolute Gasteiger partial charge is 0.391 e. The molecule has 0 aromatic carbocycles. The summed E-state index contributed by atoms with van der Waals surface area (Å²) in [7, 11) is 0. The fraction of sp³-hybridized carbons (Fsp3) is 0.636. The minimum atomic E-state index is -0.451. The maximum absolute atomic E-state index is 9.57. The third-order valence-electron chi connectivity index (χ3n) is 2.46. The molecule has 15 heavy (non-hydrogen) atoms. The summed E-state index contributed by atoms with van der Waals surface area (Å²) in [6.45, 7) is 9.41. The van der Waals surface area contributed by atoms with Gasteiger partial charge in [0.1, 0.15) is 11.6 Å². The van der Waals surface area contributed by atoms with Crippen LogP contribution < -0.4 is 5.32 Å².